The third-order valence-electron chi connectivity index (χ3n) is 1.77. The van der Waals surface area contributed by atoms with Crippen molar-refractivity contribution in [2.45, 2.75) is 19.8 Å². The third kappa shape index (κ3) is 1.90. The lowest BCUT2D eigenvalue weighted by Gasteiger charge is -2.03. The van der Waals surface area contributed by atoms with Crippen molar-refractivity contribution in [2.75, 3.05) is 0 Å². The SMILES string of the molecule is CC(C)c1ccc(C=N)cc1. The predicted octanol–water partition coefficient (Wildman–Crippen LogP) is 2.81. The molecule has 0 spiro atoms. The van der Waals surface area contributed by atoms with Crippen LogP contribution in [0.2, 0.25) is 0 Å². The number of nitrogens with one attached hydrogen (secondary N) is 1. The van der Waals surface area contributed by atoms with Crippen molar-refractivity contribution in [3.05, 3.63) is 35.4 Å². The van der Waals surface area contributed by atoms with E-state index in [4.69, 9.17) is 5.41 Å². The fourth-order valence-corrected chi connectivity index (χ4v) is 0.977. The first-order chi connectivity index (χ1) is 5.24. The van der Waals surface area contributed by atoms with E-state index in [1.54, 1.807) is 0 Å². The molecule has 0 aliphatic carbocycles. The van der Waals surface area contributed by atoms with Crippen LogP contribution in [0.4, 0.5) is 0 Å². The van der Waals surface area contributed by atoms with Crippen LogP contribution in [0.5, 0.6) is 0 Å². The minimum atomic E-state index is 0.579. The standard InChI is InChI=1S/C10H13N/c1-8(2)10-5-3-9(7-11)4-6-10/h3-8,11H,1-2H3. The van der Waals surface area contributed by atoms with E-state index in [-0.39, 0.29) is 0 Å². The van der Waals surface area contributed by atoms with Gasteiger partial charge in [-0.3, -0.25) is 0 Å². The molecule has 1 rings (SSSR count). The van der Waals surface area contributed by atoms with Gasteiger partial charge < -0.3 is 5.41 Å². The van der Waals surface area contributed by atoms with E-state index in [1.807, 2.05) is 12.1 Å². The van der Waals surface area contributed by atoms with Gasteiger partial charge in [0.05, 0.1) is 0 Å². The molecule has 0 aliphatic rings. The monoisotopic (exact) mass is 147 g/mol. The third-order valence-corrected chi connectivity index (χ3v) is 1.77. The van der Waals surface area contributed by atoms with Crippen LogP contribution in [0.15, 0.2) is 24.3 Å². The molecule has 0 amide bonds. The van der Waals surface area contributed by atoms with Gasteiger partial charge in [0.1, 0.15) is 0 Å². The van der Waals surface area contributed by atoms with Gasteiger partial charge in [0, 0.05) is 6.21 Å². The van der Waals surface area contributed by atoms with Gasteiger partial charge in [0.25, 0.3) is 0 Å². The lowest BCUT2D eigenvalue weighted by Crippen LogP contribution is -1.87. The Kier molecular flexibility index (Phi) is 2.42. The predicted molar refractivity (Wildman–Crippen MR) is 48.4 cm³/mol. The van der Waals surface area contributed by atoms with Crippen LogP contribution in [-0.4, -0.2) is 6.21 Å². The average molecular weight is 147 g/mol. The van der Waals surface area contributed by atoms with Gasteiger partial charge in [0.2, 0.25) is 0 Å². The molecule has 0 aromatic heterocycles. The summed E-state index contributed by atoms with van der Waals surface area (Å²) in [5.74, 6) is 0.579. The van der Waals surface area contributed by atoms with Gasteiger partial charge in [-0.25, -0.2) is 0 Å². The lowest BCUT2D eigenvalue weighted by atomic mass is 10.0. The molecule has 1 N–H and O–H groups in total. The molecule has 0 saturated heterocycles. The summed E-state index contributed by atoms with van der Waals surface area (Å²) in [6.07, 6.45) is 1.37. The highest BCUT2D eigenvalue weighted by Gasteiger charge is 1.96. The minimum absolute atomic E-state index is 0.579. The van der Waals surface area contributed by atoms with Crippen molar-refractivity contribution in [1.29, 1.82) is 5.41 Å². The highest BCUT2D eigenvalue weighted by atomic mass is 14.3. The Labute approximate surface area is 67.6 Å². The lowest BCUT2D eigenvalue weighted by molar-refractivity contribution is 0.866. The molecule has 1 aromatic carbocycles. The molecule has 1 aromatic rings. The largest absolute Gasteiger partial charge is 0.308 e. The maximum absolute atomic E-state index is 7.00. The minimum Gasteiger partial charge on any atom is -0.308 e. The number of rotatable bonds is 2. The van der Waals surface area contributed by atoms with Gasteiger partial charge >= 0.3 is 0 Å². The first kappa shape index (κ1) is 7.99. The van der Waals surface area contributed by atoms with Crippen molar-refractivity contribution in [1.82, 2.24) is 0 Å². The average Bonchev–Trinajstić information content (AvgIpc) is 2.05. The zero-order valence-electron chi connectivity index (χ0n) is 6.96. The summed E-state index contributed by atoms with van der Waals surface area (Å²) in [5, 5.41) is 7.00. The van der Waals surface area contributed by atoms with E-state index in [1.165, 1.54) is 11.8 Å². The molecule has 0 fully saturated rings. The molecule has 1 nitrogen and oxygen atoms in total. The van der Waals surface area contributed by atoms with Crippen molar-refractivity contribution in [3.63, 3.8) is 0 Å². The van der Waals surface area contributed by atoms with E-state index in [2.05, 4.69) is 26.0 Å². The molecule has 11 heavy (non-hydrogen) atoms. The molecule has 0 radical (unpaired) electrons. The fourth-order valence-electron chi connectivity index (χ4n) is 0.977. The molecule has 0 bridgehead atoms. The van der Waals surface area contributed by atoms with E-state index in [9.17, 15) is 0 Å². The van der Waals surface area contributed by atoms with Crippen molar-refractivity contribution in [3.8, 4) is 0 Å². The molecule has 0 unspecified atom stereocenters. The van der Waals surface area contributed by atoms with E-state index < -0.39 is 0 Å². The number of hydrogen-bond donors (Lipinski definition) is 1. The first-order valence-corrected chi connectivity index (χ1v) is 3.84. The van der Waals surface area contributed by atoms with Crippen LogP contribution in [0.25, 0.3) is 0 Å². The van der Waals surface area contributed by atoms with Crippen molar-refractivity contribution in [2.24, 2.45) is 0 Å². The Morgan fingerprint density at radius 3 is 2.09 bits per heavy atom. The van der Waals surface area contributed by atoms with Crippen LogP contribution in [-0.2, 0) is 0 Å². The molecule has 0 heterocycles. The highest BCUT2D eigenvalue weighted by molar-refractivity contribution is 5.76. The summed E-state index contributed by atoms with van der Waals surface area (Å²) in [6, 6.07) is 8.10. The Morgan fingerprint density at radius 1 is 1.18 bits per heavy atom. The molecule has 0 aliphatic heterocycles. The van der Waals surface area contributed by atoms with Gasteiger partial charge in [-0.2, -0.15) is 0 Å². The summed E-state index contributed by atoms with van der Waals surface area (Å²) in [7, 11) is 0. The summed E-state index contributed by atoms with van der Waals surface area (Å²) >= 11 is 0. The van der Waals surface area contributed by atoms with Gasteiger partial charge in [0.15, 0.2) is 0 Å². The second-order valence-electron chi connectivity index (χ2n) is 2.97. The van der Waals surface area contributed by atoms with E-state index in [0.29, 0.717) is 5.92 Å². The molecule has 58 valence electrons. The zero-order chi connectivity index (χ0) is 8.27. The Bertz CT molecular complexity index is 234. The van der Waals surface area contributed by atoms with Gasteiger partial charge in [-0.15, -0.1) is 0 Å². The molecule has 1 heteroatoms. The Morgan fingerprint density at radius 2 is 1.73 bits per heavy atom. The van der Waals surface area contributed by atoms with Crippen molar-refractivity contribution >= 4 is 6.21 Å². The van der Waals surface area contributed by atoms with Crippen LogP contribution < -0.4 is 0 Å². The number of hydrogen-bond acceptors (Lipinski definition) is 1. The summed E-state index contributed by atoms with van der Waals surface area (Å²) < 4.78 is 0. The molecule has 0 atom stereocenters. The fraction of sp³-hybridized carbons (Fsp3) is 0.300. The normalized spacial score (nSPS) is 10.1. The van der Waals surface area contributed by atoms with Gasteiger partial charge in [-0.05, 0) is 17.0 Å². The van der Waals surface area contributed by atoms with Crippen molar-refractivity contribution < 1.29 is 0 Å². The molecule has 0 saturated carbocycles. The maximum atomic E-state index is 7.00. The Hall–Kier alpha value is -1.11. The Balaban J connectivity index is 2.91. The van der Waals surface area contributed by atoms with Crippen LogP contribution in [0, 0.1) is 5.41 Å². The zero-order valence-corrected chi connectivity index (χ0v) is 6.96. The topological polar surface area (TPSA) is 23.9 Å². The molecular weight excluding hydrogens is 134 g/mol. The summed E-state index contributed by atoms with van der Waals surface area (Å²) in [4.78, 5) is 0. The second-order valence-corrected chi connectivity index (χ2v) is 2.97. The van der Waals surface area contributed by atoms with Crippen LogP contribution in [0.1, 0.15) is 30.9 Å². The highest BCUT2D eigenvalue weighted by Crippen LogP contribution is 2.13. The summed E-state index contributed by atoms with van der Waals surface area (Å²) in [5.41, 5.74) is 2.30. The number of benzene rings is 1. The second kappa shape index (κ2) is 3.33. The van der Waals surface area contributed by atoms with E-state index in [0.717, 1.165) is 5.56 Å². The first-order valence-electron chi connectivity index (χ1n) is 3.84. The van der Waals surface area contributed by atoms with Crippen LogP contribution in [0.3, 0.4) is 0 Å². The van der Waals surface area contributed by atoms with E-state index >= 15 is 0 Å². The smallest absolute Gasteiger partial charge is 0.0250 e. The van der Waals surface area contributed by atoms with Gasteiger partial charge in [-0.1, -0.05) is 38.1 Å². The summed E-state index contributed by atoms with van der Waals surface area (Å²) in [6.45, 7) is 4.33. The quantitative estimate of drug-likeness (QED) is 0.622. The van der Waals surface area contributed by atoms with Crippen LogP contribution >= 0.6 is 0 Å². The maximum Gasteiger partial charge on any atom is 0.0250 e. The molecular formula is C10H13N.